The highest BCUT2D eigenvalue weighted by atomic mass is 35.5. The molecule has 1 N–H and O–H groups in total. The van der Waals surface area contributed by atoms with Gasteiger partial charge in [0, 0.05) is 12.5 Å². The number of carbonyl (C=O) groups excluding carboxylic acids is 1. The van der Waals surface area contributed by atoms with Gasteiger partial charge in [0.2, 0.25) is 11.9 Å². The second-order valence-electron chi connectivity index (χ2n) is 7.57. The molecule has 23 heavy (non-hydrogen) atoms. The third kappa shape index (κ3) is 3.34. The van der Waals surface area contributed by atoms with Gasteiger partial charge in [0.1, 0.15) is 5.52 Å². The summed E-state index contributed by atoms with van der Waals surface area (Å²) >= 11 is 6.17. The van der Waals surface area contributed by atoms with Crippen molar-refractivity contribution in [2.45, 2.75) is 59.4 Å². The minimum Gasteiger partial charge on any atom is -0.296 e. The maximum atomic E-state index is 12.3. The number of amides is 1. The lowest BCUT2D eigenvalue weighted by atomic mass is 9.92. The molecule has 1 fully saturated rings. The van der Waals surface area contributed by atoms with Crippen molar-refractivity contribution in [3.8, 4) is 0 Å². The van der Waals surface area contributed by atoms with Gasteiger partial charge in [-0.15, -0.1) is 0 Å². The van der Waals surface area contributed by atoms with Crippen LogP contribution in [-0.2, 0) is 4.79 Å². The molecule has 0 aliphatic heterocycles. The van der Waals surface area contributed by atoms with Gasteiger partial charge in [-0.2, -0.15) is 0 Å². The Morgan fingerprint density at radius 1 is 1.39 bits per heavy atom. The minimum atomic E-state index is -0.0600. The van der Waals surface area contributed by atoms with E-state index < -0.39 is 0 Å². The van der Waals surface area contributed by atoms with Crippen molar-refractivity contribution < 1.29 is 4.79 Å². The Morgan fingerprint density at radius 3 is 2.65 bits per heavy atom. The second-order valence-corrected chi connectivity index (χ2v) is 7.98. The Morgan fingerprint density at radius 2 is 2.09 bits per heavy atom. The van der Waals surface area contributed by atoms with Crippen LogP contribution in [0.15, 0.2) is 6.07 Å². The summed E-state index contributed by atoms with van der Waals surface area (Å²) in [6.07, 6.45) is 3.84. The largest absolute Gasteiger partial charge is 0.296 e. The second kappa shape index (κ2) is 5.78. The number of anilines is 1. The number of hydrogen-bond donors (Lipinski definition) is 1. The predicted octanol–water partition coefficient (Wildman–Crippen LogP) is 4.49. The van der Waals surface area contributed by atoms with Gasteiger partial charge in [-0.05, 0) is 37.7 Å². The van der Waals surface area contributed by atoms with Crippen LogP contribution in [0.5, 0.6) is 0 Å². The first-order valence-electron chi connectivity index (χ1n) is 8.09. The van der Waals surface area contributed by atoms with E-state index in [0.29, 0.717) is 23.4 Å². The molecule has 5 nitrogen and oxygen atoms in total. The molecule has 0 saturated heterocycles. The summed E-state index contributed by atoms with van der Waals surface area (Å²) in [5.74, 6) is 0.573. The molecule has 0 bridgehead atoms. The van der Waals surface area contributed by atoms with Crippen molar-refractivity contribution in [2.75, 3.05) is 5.32 Å². The van der Waals surface area contributed by atoms with E-state index in [1.54, 1.807) is 0 Å². The molecule has 2 aromatic rings. The molecule has 0 spiro atoms. The van der Waals surface area contributed by atoms with Crippen molar-refractivity contribution >= 4 is 34.6 Å². The van der Waals surface area contributed by atoms with E-state index in [1.165, 1.54) is 6.42 Å². The molecule has 0 aromatic carbocycles. The molecular formula is C17H23ClN4O. The lowest BCUT2D eigenvalue weighted by Crippen LogP contribution is -2.24. The van der Waals surface area contributed by atoms with Gasteiger partial charge in [0.25, 0.3) is 0 Å². The van der Waals surface area contributed by atoms with Gasteiger partial charge in [-0.1, -0.05) is 32.4 Å². The molecule has 1 saturated carbocycles. The van der Waals surface area contributed by atoms with Crippen molar-refractivity contribution in [1.82, 2.24) is 14.5 Å². The van der Waals surface area contributed by atoms with Gasteiger partial charge in [-0.3, -0.25) is 14.7 Å². The maximum absolute atomic E-state index is 12.3. The van der Waals surface area contributed by atoms with E-state index in [9.17, 15) is 4.79 Å². The van der Waals surface area contributed by atoms with Gasteiger partial charge >= 0.3 is 0 Å². The number of carbonyl (C=O) groups is 1. The number of rotatable bonds is 3. The van der Waals surface area contributed by atoms with Gasteiger partial charge in [-0.25, -0.2) is 9.97 Å². The Bertz CT molecular complexity index is 756. The highest BCUT2D eigenvalue weighted by Crippen LogP contribution is 2.37. The summed E-state index contributed by atoms with van der Waals surface area (Å²) in [4.78, 5) is 21.5. The predicted molar refractivity (Wildman–Crippen MR) is 92.9 cm³/mol. The summed E-state index contributed by atoms with van der Waals surface area (Å²) in [6, 6.07) is 2.19. The Kier molecular flexibility index (Phi) is 4.08. The van der Waals surface area contributed by atoms with Crippen LogP contribution in [0.4, 0.5) is 5.95 Å². The molecule has 1 amide bonds. The average molecular weight is 335 g/mol. The van der Waals surface area contributed by atoms with Gasteiger partial charge < -0.3 is 0 Å². The SMILES string of the molecule is Cc1nc2c(cc1Cl)nc(NC(=O)CC(C)(C)C)n2C1CCC1. The highest BCUT2D eigenvalue weighted by Gasteiger charge is 2.27. The zero-order valence-corrected chi connectivity index (χ0v) is 14.9. The van der Waals surface area contributed by atoms with Crippen LogP contribution >= 0.6 is 11.6 Å². The fourth-order valence-electron chi connectivity index (χ4n) is 2.82. The van der Waals surface area contributed by atoms with Crippen molar-refractivity contribution in [3.63, 3.8) is 0 Å². The molecule has 1 aliphatic rings. The average Bonchev–Trinajstić information content (AvgIpc) is 2.64. The van der Waals surface area contributed by atoms with Crippen LogP contribution in [-0.4, -0.2) is 20.4 Å². The molecule has 0 unspecified atom stereocenters. The molecule has 124 valence electrons. The topological polar surface area (TPSA) is 59.8 Å². The summed E-state index contributed by atoms with van der Waals surface area (Å²) in [7, 11) is 0. The number of fused-ring (bicyclic) bond motifs is 1. The van der Waals surface area contributed by atoms with Crippen molar-refractivity contribution in [2.24, 2.45) is 5.41 Å². The quantitative estimate of drug-likeness (QED) is 0.899. The smallest absolute Gasteiger partial charge is 0.227 e. The van der Waals surface area contributed by atoms with Crippen LogP contribution in [0.3, 0.4) is 0 Å². The summed E-state index contributed by atoms with van der Waals surface area (Å²) in [5, 5.41) is 3.57. The van der Waals surface area contributed by atoms with E-state index in [0.717, 1.165) is 29.7 Å². The Labute approximate surface area is 141 Å². The standard InChI is InChI=1S/C17H23ClN4O/c1-10-12(18)8-13-15(19-10)22(11-6-5-7-11)16(20-13)21-14(23)9-17(2,3)4/h8,11H,5-7,9H2,1-4H3,(H,20,21,23). The van der Waals surface area contributed by atoms with Crippen molar-refractivity contribution in [1.29, 1.82) is 0 Å². The lowest BCUT2D eigenvalue weighted by molar-refractivity contribution is -0.117. The number of imidazole rings is 1. The van der Waals surface area contributed by atoms with Crippen LogP contribution < -0.4 is 5.32 Å². The van der Waals surface area contributed by atoms with E-state index in [4.69, 9.17) is 11.6 Å². The lowest BCUT2D eigenvalue weighted by Gasteiger charge is -2.28. The molecule has 6 heteroatoms. The zero-order chi connectivity index (χ0) is 16.8. The van der Waals surface area contributed by atoms with E-state index in [1.807, 2.05) is 33.8 Å². The van der Waals surface area contributed by atoms with Crippen LogP contribution in [0.2, 0.25) is 5.02 Å². The molecule has 0 radical (unpaired) electrons. The minimum absolute atomic E-state index is 0.0174. The maximum Gasteiger partial charge on any atom is 0.227 e. The normalized spacial score (nSPS) is 15.7. The third-order valence-corrected chi connectivity index (χ3v) is 4.56. The number of nitrogens with one attached hydrogen (secondary N) is 1. The summed E-state index contributed by atoms with van der Waals surface area (Å²) < 4.78 is 2.07. The Hall–Kier alpha value is -1.62. The number of halogens is 1. The fourth-order valence-corrected chi connectivity index (χ4v) is 2.96. The number of pyridine rings is 1. The molecule has 1 aliphatic carbocycles. The van der Waals surface area contributed by atoms with E-state index >= 15 is 0 Å². The van der Waals surface area contributed by atoms with Gasteiger partial charge in [0.05, 0.1) is 10.7 Å². The molecular weight excluding hydrogens is 312 g/mol. The first kappa shape index (κ1) is 16.2. The Balaban J connectivity index is 2.00. The molecule has 2 heterocycles. The summed E-state index contributed by atoms with van der Waals surface area (Å²) in [6.45, 7) is 8.03. The summed E-state index contributed by atoms with van der Waals surface area (Å²) in [5.41, 5.74) is 2.27. The molecule has 3 rings (SSSR count). The van der Waals surface area contributed by atoms with E-state index in [-0.39, 0.29) is 11.3 Å². The van der Waals surface area contributed by atoms with Crippen molar-refractivity contribution in [3.05, 3.63) is 16.8 Å². The first-order valence-corrected chi connectivity index (χ1v) is 8.47. The monoisotopic (exact) mass is 334 g/mol. The van der Waals surface area contributed by atoms with Crippen LogP contribution in [0.25, 0.3) is 11.2 Å². The first-order chi connectivity index (χ1) is 10.7. The number of aromatic nitrogens is 3. The zero-order valence-electron chi connectivity index (χ0n) is 14.1. The molecule has 2 aromatic heterocycles. The van der Waals surface area contributed by atoms with E-state index in [2.05, 4.69) is 19.9 Å². The number of hydrogen-bond acceptors (Lipinski definition) is 3. The van der Waals surface area contributed by atoms with Crippen LogP contribution in [0, 0.1) is 12.3 Å². The number of aryl methyl sites for hydroxylation is 1. The number of nitrogens with zero attached hydrogens (tertiary/aromatic N) is 3. The van der Waals surface area contributed by atoms with Gasteiger partial charge in [0.15, 0.2) is 5.65 Å². The fraction of sp³-hybridized carbons (Fsp3) is 0.588. The van der Waals surface area contributed by atoms with Crippen LogP contribution in [0.1, 0.15) is 58.2 Å². The highest BCUT2D eigenvalue weighted by molar-refractivity contribution is 6.31. The molecule has 0 atom stereocenters. The third-order valence-electron chi connectivity index (χ3n) is 4.18.